The Morgan fingerprint density at radius 2 is 2.14 bits per heavy atom. The third-order valence-electron chi connectivity index (χ3n) is 3.67. The van der Waals surface area contributed by atoms with E-state index in [0.29, 0.717) is 5.39 Å². The molecule has 0 amide bonds. The second-order valence-electron chi connectivity index (χ2n) is 5.13. The van der Waals surface area contributed by atoms with E-state index in [-0.39, 0.29) is 17.7 Å². The number of aromatic nitrogens is 2. The van der Waals surface area contributed by atoms with Crippen molar-refractivity contribution in [2.45, 2.75) is 20.4 Å². The maximum Gasteiger partial charge on any atom is 0.262 e. The van der Waals surface area contributed by atoms with Crippen molar-refractivity contribution in [3.05, 3.63) is 62.5 Å². The molecule has 3 aromatic rings. The van der Waals surface area contributed by atoms with Crippen molar-refractivity contribution in [3.63, 3.8) is 0 Å². The topological polar surface area (TPSA) is 75.0 Å². The molecule has 2 heterocycles. The Hall–Kier alpha value is -2.47. The van der Waals surface area contributed by atoms with Crippen LogP contribution in [0.1, 0.15) is 26.4 Å². The maximum absolute atomic E-state index is 12.6. The zero-order chi connectivity index (χ0) is 15.9. The zero-order valence-corrected chi connectivity index (χ0v) is 12.9. The van der Waals surface area contributed by atoms with Crippen LogP contribution in [0.5, 0.6) is 0 Å². The number of aryl methyl sites for hydroxylation is 2. The molecule has 1 aromatic carbocycles. The van der Waals surface area contributed by atoms with Gasteiger partial charge in [0.05, 0.1) is 24.2 Å². The number of fused-ring (bicyclic) bond motifs is 1. The molecule has 0 saturated heterocycles. The van der Waals surface area contributed by atoms with Gasteiger partial charge in [-0.1, -0.05) is 18.2 Å². The number of aromatic carboxylic acids is 1. The molecular weight excluding hydrogens is 300 g/mol. The summed E-state index contributed by atoms with van der Waals surface area (Å²) in [5.74, 6) is -1.23. The summed E-state index contributed by atoms with van der Waals surface area (Å²) < 4.78 is 1.50. The van der Waals surface area contributed by atoms with Crippen LogP contribution in [0.2, 0.25) is 0 Å². The van der Waals surface area contributed by atoms with Crippen molar-refractivity contribution < 1.29 is 9.90 Å². The maximum atomic E-state index is 12.6. The molecule has 0 radical (unpaired) electrons. The van der Waals surface area contributed by atoms with Crippen molar-refractivity contribution in [3.8, 4) is 0 Å². The summed E-state index contributed by atoms with van der Waals surface area (Å²) in [6, 6.07) is 6.39. The fourth-order valence-electron chi connectivity index (χ4n) is 2.38. The van der Waals surface area contributed by atoms with E-state index in [4.69, 9.17) is 0 Å². The number of carboxylic acid groups (broad SMARTS) is 1. The number of carbonyl (C=O) groups excluding carboxylic acids is 1. The Labute approximate surface area is 130 Å². The van der Waals surface area contributed by atoms with E-state index >= 15 is 0 Å². The second-order valence-corrected chi connectivity index (χ2v) is 6.33. The first-order valence-corrected chi connectivity index (χ1v) is 7.54. The molecule has 0 spiro atoms. The summed E-state index contributed by atoms with van der Waals surface area (Å²) in [5, 5.41) is 11.5. The van der Waals surface area contributed by atoms with Crippen LogP contribution in [0.25, 0.3) is 10.2 Å². The first-order chi connectivity index (χ1) is 10.5. The predicted molar refractivity (Wildman–Crippen MR) is 83.2 cm³/mol. The number of hydrogen-bond donors (Lipinski definition) is 0. The van der Waals surface area contributed by atoms with Gasteiger partial charge in [0, 0.05) is 4.88 Å². The van der Waals surface area contributed by atoms with Crippen LogP contribution in [0.4, 0.5) is 0 Å². The third-order valence-corrected chi connectivity index (χ3v) is 4.79. The Balaban J connectivity index is 2.06. The lowest BCUT2D eigenvalue weighted by Gasteiger charge is -2.08. The molecule has 0 bridgehead atoms. The molecule has 6 heteroatoms. The van der Waals surface area contributed by atoms with Gasteiger partial charge in [0.25, 0.3) is 5.56 Å². The molecule has 0 aliphatic rings. The van der Waals surface area contributed by atoms with Crippen LogP contribution < -0.4 is 10.7 Å². The van der Waals surface area contributed by atoms with Crippen molar-refractivity contribution >= 4 is 27.5 Å². The lowest BCUT2D eigenvalue weighted by atomic mass is 10.1. The number of carboxylic acids is 1. The van der Waals surface area contributed by atoms with Crippen LogP contribution >= 0.6 is 11.3 Å². The van der Waals surface area contributed by atoms with E-state index in [1.54, 1.807) is 12.1 Å². The van der Waals surface area contributed by atoms with Gasteiger partial charge in [-0.25, -0.2) is 4.98 Å². The number of benzene rings is 1. The smallest absolute Gasteiger partial charge is 0.262 e. The number of carbonyl (C=O) groups is 1. The van der Waals surface area contributed by atoms with Crippen molar-refractivity contribution in [1.82, 2.24) is 9.55 Å². The van der Waals surface area contributed by atoms with E-state index in [2.05, 4.69) is 4.98 Å². The average Bonchev–Trinajstić information content (AvgIpc) is 2.78. The van der Waals surface area contributed by atoms with Gasteiger partial charge in [0.1, 0.15) is 4.83 Å². The van der Waals surface area contributed by atoms with Gasteiger partial charge in [-0.2, -0.15) is 0 Å². The molecule has 0 fully saturated rings. The Bertz CT molecular complexity index is 940. The van der Waals surface area contributed by atoms with Crippen LogP contribution in [0, 0.1) is 13.8 Å². The monoisotopic (exact) mass is 313 g/mol. The molecule has 0 aliphatic heterocycles. The molecule has 0 unspecified atom stereocenters. The summed E-state index contributed by atoms with van der Waals surface area (Å²) in [7, 11) is 0. The van der Waals surface area contributed by atoms with Crippen molar-refractivity contribution in [2.75, 3.05) is 0 Å². The highest BCUT2D eigenvalue weighted by Crippen LogP contribution is 2.25. The molecule has 5 nitrogen and oxygen atoms in total. The van der Waals surface area contributed by atoms with Gasteiger partial charge < -0.3 is 9.90 Å². The summed E-state index contributed by atoms with van der Waals surface area (Å²) >= 11 is 1.50. The Morgan fingerprint density at radius 3 is 2.86 bits per heavy atom. The van der Waals surface area contributed by atoms with Crippen LogP contribution in [0.3, 0.4) is 0 Å². The van der Waals surface area contributed by atoms with Gasteiger partial charge in [-0.15, -0.1) is 11.3 Å². The molecule has 0 N–H and O–H groups in total. The van der Waals surface area contributed by atoms with Gasteiger partial charge in [0.15, 0.2) is 0 Å². The highest BCUT2D eigenvalue weighted by molar-refractivity contribution is 7.18. The molecule has 2 aromatic heterocycles. The van der Waals surface area contributed by atoms with E-state index in [0.717, 1.165) is 20.8 Å². The van der Waals surface area contributed by atoms with Gasteiger partial charge in [0.2, 0.25) is 0 Å². The zero-order valence-electron chi connectivity index (χ0n) is 12.1. The number of thiophene rings is 1. The standard InChI is InChI=1S/C16H14N2O3S/c1-9-10(2)22-14-13(9)15(19)18(8-17-14)7-11-4-3-5-12(6-11)16(20)21/h3-6,8H,7H2,1-2H3,(H,20,21)/p-1. The number of rotatable bonds is 3. The van der Waals surface area contributed by atoms with Crippen LogP contribution in [0.15, 0.2) is 35.4 Å². The number of nitrogens with zero attached hydrogens (tertiary/aromatic N) is 2. The second kappa shape index (κ2) is 5.38. The van der Waals surface area contributed by atoms with E-state index in [1.165, 1.54) is 34.4 Å². The summed E-state index contributed by atoms with van der Waals surface area (Å²) in [6.45, 7) is 4.16. The van der Waals surface area contributed by atoms with Crippen molar-refractivity contribution in [2.24, 2.45) is 0 Å². The van der Waals surface area contributed by atoms with Gasteiger partial charge in [-0.05, 0) is 36.6 Å². The molecule has 112 valence electrons. The average molecular weight is 313 g/mol. The minimum atomic E-state index is -1.23. The van der Waals surface area contributed by atoms with Crippen LogP contribution in [-0.4, -0.2) is 15.5 Å². The minimum absolute atomic E-state index is 0.0992. The van der Waals surface area contributed by atoms with Crippen LogP contribution in [-0.2, 0) is 6.54 Å². The van der Waals surface area contributed by atoms with E-state index < -0.39 is 5.97 Å². The molecule has 0 aliphatic carbocycles. The third kappa shape index (κ3) is 2.42. The lowest BCUT2D eigenvalue weighted by molar-refractivity contribution is -0.255. The largest absolute Gasteiger partial charge is 0.545 e. The normalized spacial score (nSPS) is 11.0. The highest BCUT2D eigenvalue weighted by Gasteiger charge is 2.12. The highest BCUT2D eigenvalue weighted by atomic mass is 32.1. The summed E-state index contributed by atoms with van der Waals surface area (Å²) in [5.41, 5.74) is 1.66. The van der Waals surface area contributed by atoms with Crippen molar-refractivity contribution in [1.29, 1.82) is 0 Å². The van der Waals surface area contributed by atoms with Gasteiger partial charge in [-0.3, -0.25) is 9.36 Å². The molecular formula is C16H13N2O3S-. The summed E-state index contributed by atoms with van der Waals surface area (Å²) in [6.07, 6.45) is 1.51. The first-order valence-electron chi connectivity index (χ1n) is 6.73. The Kier molecular flexibility index (Phi) is 3.54. The fraction of sp³-hybridized carbons (Fsp3) is 0.188. The molecule has 0 atom stereocenters. The molecule has 22 heavy (non-hydrogen) atoms. The molecule has 0 saturated carbocycles. The molecule has 3 rings (SSSR count). The predicted octanol–water partition coefficient (Wildman–Crippen LogP) is 1.49. The minimum Gasteiger partial charge on any atom is -0.545 e. The van der Waals surface area contributed by atoms with E-state index in [9.17, 15) is 14.7 Å². The number of hydrogen-bond acceptors (Lipinski definition) is 5. The van der Waals surface area contributed by atoms with E-state index in [1.807, 2.05) is 13.8 Å². The summed E-state index contributed by atoms with van der Waals surface area (Å²) in [4.78, 5) is 29.6. The fourth-order valence-corrected chi connectivity index (χ4v) is 3.36. The Morgan fingerprint density at radius 1 is 1.36 bits per heavy atom. The quantitative estimate of drug-likeness (QED) is 0.734. The lowest BCUT2D eigenvalue weighted by Crippen LogP contribution is -2.23. The SMILES string of the molecule is Cc1sc2ncn(Cc3cccc(C(=O)[O-])c3)c(=O)c2c1C. The van der Waals surface area contributed by atoms with Gasteiger partial charge >= 0.3 is 0 Å². The first kappa shape index (κ1) is 14.5.